The van der Waals surface area contributed by atoms with Gasteiger partial charge in [-0.25, -0.2) is 0 Å². The Morgan fingerprint density at radius 2 is 2.29 bits per heavy atom. The van der Waals surface area contributed by atoms with Crippen molar-refractivity contribution in [1.29, 1.82) is 0 Å². The summed E-state index contributed by atoms with van der Waals surface area (Å²) >= 11 is 0. The maximum absolute atomic E-state index is 11.9. The number of nitrogen functional groups attached to an aromatic ring is 1. The number of amides is 1. The number of benzene rings is 1. The smallest absolute Gasteiger partial charge is 0.224 e. The number of ether oxygens (including phenoxy) is 1. The van der Waals surface area contributed by atoms with Crippen LogP contribution in [-0.2, 0) is 11.3 Å². The van der Waals surface area contributed by atoms with Crippen molar-refractivity contribution >= 4 is 17.3 Å². The molecule has 0 radical (unpaired) electrons. The molecule has 0 bridgehead atoms. The molecule has 3 N–H and O–H groups in total. The second-order valence-electron chi connectivity index (χ2n) is 4.89. The first-order valence-corrected chi connectivity index (χ1v) is 6.81. The number of carbonyl (C=O) groups excluding carboxylic acids is 1. The summed E-state index contributed by atoms with van der Waals surface area (Å²) in [5.74, 6) is 0.607. The van der Waals surface area contributed by atoms with E-state index >= 15 is 0 Å². The minimum Gasteiger partial charge on any atom is -0.497 e. The summed E-state index contributed by atoms with van der Waals surface area (Å²) in [5.41, 5.74) is 8.07. The highest BCUT2D eigenvalue weighted by Gasteiger charge is 2.06. The van der Waals surface area contributed by atoms with Crippen LogP contribution >= 0.6 is 0 Å². The van der Waals surface area contributed by atoms with Crippen LogP contribution < -0.4 is 15.8 Å². The van der Waals surface area contributed by atoms with Gasteiger partial charge in [0.05, 0.1) is 24.7 Å². The molecule has 6 heteroatoms. The molecule has 2 rings (SSSR count). The third-order valence-corrected chi connectivity index (χ3v) is 3.09. The average Bonchev–Trinajstić information content (AvgIpc) is 2.86. The lowest BCUT2D eigenvalue weighted by atomic mass is 10.2. The van der Waals surface area contributed by atoms with Gasteiger partial charge in [-0.3, -0.25) is 9.48 Å². The fraction of sp³-hybridized carbons (Fsp3) is 0.333. The van der Waals surface area contributed by atoms with Gasteiger partial charge in [0.15, 0.2) is 0 Å². The van der Waals surface area contributed by atoms with Gasteiger partial charge in [-0.15, -0.1) is 0 Å². The van der Waals surface area contributed by atoms with Gasteiger partial charge in [-0.1, -0.05) is 0 Å². The molecule has 0 spiro atoms. The van der Waals surface area contributed by atoms with Crippen LogP contribution in [-0.4, -0.2) is 22.8 Å². The summed E-state index contributed by atoms with van der Waals surface area (Å²) < 4.78 is 6.91. The first kappa shape index (κ1) is 14.9. The van der Waals surface area contributed by atoms with Gasteiger partial charge in [-0.05, 0) is 31.0 Å². The highest BCUT2D eigenvalue weighted by molar-refractivity contribution is 5.93. The number of hydrogen-bond donors (Lipinski definition) is 2. The van der Waals surface area contributed by atoms with Crippen LogP contribution in [0.2, 0.25) is 0 Å². The van der Waals surface area contributed by atoms with E-state index in [1.165, 1.54) is 0 Å². The summed E-state index contributed by atoms with van der Waals surface area (Å²) in [6.45, 7) is 2.71. The number of carbonyl (C=O) groups is 1. The monoisotopic (exact) mass is 288 g/mol. The van der Waals surface area contributed by atoms with Crippen molar-refractivity contribution in [2.75, 3.05) is 18.2 Å². The van der Waals surface area contributed by atoms with E-state index in [1.807, 2.05) is 17.8 Å². The molecule has 0 fully saturated rings. The molecule has 0 aliphatic carbocycles. The molecular formula is C15H20N4O2. The maximum atomic E-state index is 11.9. The summed E-state index contributed by atoms with van der Waals surface area (Å²) in [7, 11) is 1.57. The molecule has 0 saturated carbocycles. The maximum Gasteiger partial charge on any atom is 0.224 e. The number of aryl methyl sites for hydroxylation is 2. The van der Waals surface area contributed by atoms with Crippen molar-refractivity contribution in [3.8, 4) is 5.75 Å². The van der Waals surface area contributed by atoms with Crippen molar-refractivity contribution in [2.45, 2.75) is 26.3 Å². The molecule has 1 heterocycles. The van der Waals surface area contributed by atoms with Gasteiger partial charge in [0.25, 0.3) is 0 Å². The first-order valence-electron chi connectivity index (χ1n) is 6.81. The van der Waals surface area contributed by atoms with Crippen LogP contribution in [0.1, 0.15) is 18.4 Å². The van der Waals surface area contributed by atoms with Gasteiger partial charge in [0.2, 0.25) is 5.91 Å². The summed E-state index contributed by atoms with van der Waals surface area (Å²) in [5, 5.41) is 6.98. The number of nitrogens with zero attached hydrogens (tertiary/aromatic N) is 2. The summed E-state index contributed by atoms with van der Waals surface area (Å²) in [6.07, 6.45) is 4.91. The molecule has 0 aliphatic heterocycles. The Hall–Kier alpha value is -2.50. The fourth-order valence-electron chi connectivity index (χ4n) is 1.99. The SMILES string of the molecule is COc1ccc(NC(=O)CCCn2cc(C)cn2)c(N)c1. The lowest BCUT2D eigenvalue weighted by Crippen LogP contribution is -2.13. The topological polar surface area (TPSA) is 82.2 Å². The van der Waals surface area contributed by atoms with Crippen molar-refractivity contribution < 1.29 is 9.53 Å². The Kier molecular flexibility index (Phi) is 4.81. The standard InChI is InChI=1S/C15H20N4O2/c1-11-9-17-19(10-11)7-3-4-15(20)18-14-6-5-12(21-2)8-13(14)16/h5-6,8-10H,3-4,7,16H2,1-2H3,(H,18,20). The minimum absolute atomic E-state index is 0.0595. The third kappa shape index (κ3) is 4.24. The predicted molar refractivity (Wildman–Crippen MR) is 82.2 cm³/mol. The zero-order chi connectivity index (χ0) is 15.2. The molecule has 1 aromatic heterocycles. The van der Waals surface area contributed by atoms with Crippen LogP contribution in [0.25, 0.3) is 0 Å². The quantitative estimate of drug-likeness (QED) is 0.798. The Bertz CT molecular complexity index is 622. The van der Waals surface area contributed by atoms with E-state index in [-0.39, 0.29) is 5.91 Å². The number of nitrogens with two attached hydrogens (primary N) is 1. The van der Waals surface area contributed by atoms with E-state index in [1.54, 1.807) is 31.5 Å². The number of hydrogen-bond acceptors (Lipinski definition) is 4. The molecule has 112 valence electrons. The Balaban J connectivity index is 1.81. The van der Waals surface area contributed by atoms with Crippen molar-refractivity contribution in [2.24, 2.45) is 0 Å². The largest absolute Gasteiger partial charge is 0.497 e. The van der Waals surface area contributed by atoms with Crippen molar-refractivity contribution in [3.63, 3.8) is 0 Å². The van der Waals surface area contributed by atoms with Crippen LogP contribution in [0.5, 0.6) is 5.75 Å². The first-order chi connectivity index (χ1) is 10.1. The van der Waals surface area contributed by atoms with E-state index in [4.69, 9.17) is 10.5 Å². The van der Waals surface area contributed by atoms with Gasteiger partial charge in [0, 0.05) is 25.2 Å². The highest BCUT2D eigenvalue weighted by Crippen LogP contribution is 2.24. The molecule has 21 heavy (non-hydrogen) atoms. The van der Waals surface area contributed by atoms with E-state index in [0.29, 0.717) is 23.5 Å². The van der Waals surface area contributed by atoms with Gasteiger partial charge < -0.3 is 15.8 Å². The predicted octanol–water partition coefficient (Wildman–Crippen LogP) is 2.20. The van der Waals surface area contributed by atoms with Gasteiger partial charge >= 0.3 is 0 Å². The highest BCUT2D eigenvalue weighted by atomic mass is 16.5. The summed E-state index contributed by atoms with van der Waals surface area (Å²) in [6, 6.07) is 5.18. The van der Waals surface area contributed by atoms with Crippen LogP contribution in [0.15, 0.2) is 30.6 Å². The molecule has 1 amide bonds. The number of rotatable bonds is 6. The molecule has 0 atom stereocenters. The van der Waals surface area contributed by atoms with E-state index in [0.717, 1.165) is 18.5 Å². The molecule has 0 saturated heterocycles. The third-order valence-electron chi connectivity index (χ3n) is 3.09. The second kappa shape index (κ2) is 6.78. The Morgan fingerprint density at radius 3 is 2.90 bits per heavy atom. The molecule has 2 aromatic rings. The fourth-order valence-corrected chi connectivity index (χ4v) is 1.99. The van der Waals surface area contributed by atoms with Gasteiger partial charge in [-0.2, -0.15) is 5.10 Å². The van der Waals surface area contributed by atoms with E-state index in [2.05, 4.69) is 10.4 Å². The molecule has 1 aromatic carbocycles. The Morgan fingerprint density at radius 1 is 1.48 bits per heavy atom. The number of methoxy groups -OCH3 is 1. The molecule has 0 unspecified atom stereocenters. The summed E-state index contributed by atoms with van der Waals surface area (Å²) in [4.78, 5) is 11.9. The van der Waals surface area contributed by atoms with Crippen LogP contribution in [0.4, 0.5) is 11.4 Å². The number of nitrogens with one attached hydrogen (secondary N) is 1. The number of aromatic nitrogens is 2. The van der Waals surface area contributed by atoms with E-state index < -0.39 is 0 Å². The number of anilines is 2. The Labute approximate surface area is 123 Å². The van der Waals surface area contributed by atoms with E-state index in [9.17, 15) is 4.79 Å². The zero-order valence-corrected chi connectivity index (χ0v) is 12.3. The van der Waals surface area contributed by atoms with Crippen molar-refractivity contribution in [3.05, 3.63) is 36.2 Å². The van der Waals surface area contributed by atoms with Crippen molar-refractivity contribution in [1.82, 2.24) is 9.78 Å². The lowest BCUT2D eigenvalue weighted by Gasteiger charge is -2.09. The molecular weight excluding hydrogens is 268 g/mol. The van der Waals surface area contributed by atoms with Gasteiger partial charge in [0.1, 0.15) is 5.75 Å². The van der Waals surface area contributed by atoms with Crippen LogP contribution in [0.3, 0.4) is 0 Å². The second-order valence-corrected chi connectivity index (χ2v) is 4.89. The normalized spacial score (nSPS) is 10.4. The average molecular weight is 288 g/mol. The molecule has 0 aliphatic rings. The molecule has 6 nitrogen and oxygen atoms in total. The lowest BCUT2D eigenvalue weighted by molar-refractivity contribution is -0.116. The minimum atomic E-state index is -0.0595. The zero-order valence-electron chi connectivity index (χ0n) is 12.3. The van der Waals surface area contributed by atoms with Crippen LogP contribution in [0, 0.1) is 6.92 Å².